The lowest BCUT2D eigenvalue weighted by molar-refractivity contribution is -0.119. The van der Waals surface area contributed by atoms with Gasteiger partial charge >= 0.3 is 0 Å². The van der Waals surface area contributed by atoms with E-state index in [1.165, 1.54) is 0 Å². The van der Waals surface area contributed by atoms with Crippen LogP contribution in [0, 0.1) is 0 Å². The van der Waals surface area contributed by atoms with E-state index in [4.69, 9.17) is 11.6 Å². The van der Waals surface area contributed by atoms with Crippen LogP contribution in [0.1, 0.15) is 24.8 Å². The molecule has 1 heterocycles. The molecule has 4 nitrogen and oxygen atoms in total. The van der Waals surface area contributed by atoms with Crippen LogP contribution in [-0.4, -0.2) is 18.4 Å². The van der Waals surface area contributed by atoms with Crippen LogP contribution in [0.3, 0.4) is 0 Å². The Hall–Kier alpha value is -2.33. The first kappa shape index (κ1) is 16.5. The van der Waals surface area contributed by atoms with Gasteiger partial charge in [0.1, 0.15) is 0 Å². The second-order valence-corrected chi connectivity index (χ2v) is 6.34. The minimum absolute atomic E-state index is 0.0841. The summed E-state index contributed by atoms with van der Waals surface area (Å²) in [6.07, 6.45) is 2.91. The minimum Gasteiger partial charge on any atom is -0.326 e. The number of rotatable bonds is 4. The molecular weight excluding hydrogens is 324 g/mol. The molecule has 2 amide bonds. The van der Waals surface area contributed by atoms with E-state index in [0.717, 1.165) is 36.3 Å². The predicted molar refractivity (Wildman–Crippen MR) is 96.4 cm³/mol. The summed E-state index contributed by atoms with van der Waals surface area (Å²) in [4.78, 5) is 25.8. The van der Waals surface area contributed by atoms with Gasteiger partial charge < -0.3 is 10.2 Å². The molecular formula is C19H19ClN2O2. The number of anilines is 2. The molecule has 2 aromatic rings. The van der Waals surface area contributed by atoms with E-state index < -0.39 is 0 Å². The van der Waals surface area contributed by atoms with Gasteiger partial charge in [-0.25, -0.2) is 0 Å². The third-order valence-electron chi connectivity index (χ3n) is 4.06. The maximum atomic E-state index is 12.1. The van der Waals surface area contributed by atoms with E-state index in [9.17, 15) is 9.59 Å². The number of amides is 2. The number of benzene rings is 2. The highest BCUT2D eigenvalue weighted by Gasteiger charge is 2.19. The lowest BCUT2D eigenvalue weighted by atomic mass is 10.1. The molecule has 1 fully saturated rings. The number of piperidine rings is 1. The molecule has 2 aromatic carbocycles. The molecule has 0 radical (unpaired) electrons. The van der Waals surface area contributed by atoms with E-state index in [1.807, 2.05) is 41.3 Å². The zero-order valence-corrected chi connectivity index (χ0v) is 14.1. The second kappa shape index (κ2) is 7.49. The van der Waals surface area contributed by atoms with Crippen LogP contribution in [0.15, 0.2) is 48.5 Å². The summed E-state index contributed by atoms with van der Waals surface area (Å²) in [5.41, 5.74) is 2.52. The van der Waals surface area contributed by atoms with Gasteiger partial charge in [-0.3, -0.25) is 9.59 Å². The highest BCUT2D eigenvalue weighted by atomic mass is 35.5. The van der Waals surface area contributed by atoms with Crippen molar-refractivity contribution in [1.82, 2.24) is 0 Å². The van der Waals surface area contributed by atoms with Crippen molar-refractivity contribution in [1.29, 1.82) is 0 Å². The van der Waals surface area contributed by atoms with Crippen molar-refractivity contribution in [3.05, 3.63) is 59.1 Å². The zero-order chi connectivity index (χ0) is 16.9. The van der Waals surface area contributed by atoms with Crippen LogP contribution in [-0.2, 0) is 16.0 Å². The maximum absolute atomic E-state index is 12.1. The molecule has 0 spiro atoms. The van der Waals surface area contributed by atoms with Crippen LogP contribution in [0.25, 0.3) is 0 Å². The molecule has 1 aliphatic heterocycles. The van der Waals surface area contributed by atoms with E-state index in [2.05, 4.69) is 5.32 Å². The van der Waals surface area contributed by atoms with E-state index >= 15 is 0 Å². The summed E-state index contributed by atoms with van der Waals surface area (Å²) in [7, 11) is 0. The Labute approximate surface area is 146 Å². The van der Waals surface area contributed by atoms with Crippen LogP contribution < -0.4 is 10.2 Å². The average Bonchev–Trinajstić information content (AvgIpc) is 2.58. The first-order chi connectivity index (χ1) is 11.6. The largest absolute Gasteiger partial charge is 0.326 e. The van der Waals surface area contributed by atoms with Gasteiger partial charge in [-0.15, -0.1) is 0 Å². The molecule has 0 atom stereocenters. The topological polar surface area (TPSA) is 49.4 Å². The fraction of sp³-hybridized carbons (Fsp3) is 0.263. The number of hydrogen-bond acceptors (Lipinski definition) is 2. The molecule has 0 unspecified atom stereocenters. The van der Waals surface area contributed by atoms with Gasteiger partial charge in [0.25, 0.3) is 0 Å². The van der Waals surface area contributed by atoms with E-state index in [-0.39, 0.29) is 11.8 Å². The van der Waals surface area contributed by atoms with Crippen LogP contribution in [0.5, 0.6) is 0 Å². The molecule has 1 N–H and O–H groups in total. The quantitative estimate of drug-likeness (QED) is 0.911. The summed E-state index contributed by atoms with van der Waals surface area (Å²) in [6.45, 7) is 0.765. The summed E-state index contributed by atoms with van der Waals surface area (Å²) in [6, 6.07) is 14.6. The third-order valence-corrected chi connectivity index (χ3v) is 4.32. The second-order valence-electron chi connectivity index (χ2n) is 5.90. The van der Waals surface area contributed by atoms with Crippen molar-refractivity contribution in [3.63, 3.8) is 0 Å². The van der Waals surface area contributed by atoms with Crippen LogP contribution >= 0.6 is 11.6 Å². The lowest BCUT2D eigenvalue weighted by Crippen LogP contribution is -2.35. The SMILES string of the molecule is O=C(Cc1ccc(Cl)cc1)Nc1ccc(N2CCCCC2=O)cc1. The first-order valence-electron chi connectivity index (χ1n) is 8.06. The Morgan fingerprint density at radius 2 is 1.75 bits per heavy atom. The normalized spacial score (nSPS) is 14.5. The molecule has 5 heteroatoms. The minimum atomic E-state index is -0.0841. The fourth-order valence-corrected chi connectivity index (χ4v) is 2.92. The first-order valence-corrected chi connectivity index (χ1v) is 8.44. The van der Waals surface area contributed by atoms with Gasteiger partial charge in [0.2, 0.25) is 11.8 Å². The number of hydrogen-bond donors (Lipinski definition) is 1. The Balaban J connectivity index is 1.60. The number of nitrogens with zero attached hydrogens (tertiary/aromatic N) is 1. The van der Waals surface area contributed by atoms with Gasteiger partial charge in [-0.05, 0) is 54.8 Å². The Kier molecular flexibility index (Phi) is 5.16. The predicted octanol–water partition coefficient (Wildman–Crippen LogP) is 4.04. The Morgan fingerprint density at radius 3 is 2.42 bits per heavy atom. The summed E-state index contributed by atoms with van der Waals surface area (Å²) in [5.74, 6) is 0.0832. The maximum Gasteiger partial charge on any atom is 0.228 e. The molecule has 0 aromatic heterocycles. The Bertz CT molecular complexity index is 726. The molecule has 1 saturated heterocycles. The van der Waals surface area contributed by atoms with Gasteiger partial charge in [-0.1, -0.05) is 23.7 Å². The van der Waals surface area contributed by atoms with Gasteiger partial charge in [0.15, 0.2) is 0 Å². The van der Waals surface area contributed by atoms with Crippen LogP contribution in [0.4, 0.5) is 11.4 Å². The molecule has 1 aliphatic rings. The number of nitrogens with one attached hydrogen (secondary N) is 1. The lowest BCUT2D eigenvalue weighted by Gasteiger charge is -2.26. The van der Waals surface area contributed by atoms with Crippen molar-refractivity contribution in [2.24, 2.45) is 0 Å². The summed E-state index contributed by atoms with van der Waals surface area (Å²) in [5, 5.41) is 3.53. The summed E-state index contributed by atoms with van der Waals surface area (Å²) >= 11 is 5.84. The fourth-order valence-electron chi connectivity index (χ4n) is 2.80. The number of carbonyl (C=O) groups is 2. The standard InChI is InChI=1S/C19H19ClN2O2/c20-15-6-4-14(5-7-15)13-18(23)21-16-8-10-17(11-9-16)22-12-2-1-3-19(22)24/h4-11H,1-3,12-13H2,(H,21,23). The van der Waals surface area contributed by atoms with E-state index in [0.29, 0.717) is 17.9 Å². The molecule has 0 aliphatic carbocycles. The van der Waals surface area contributed by atoms with Crippen LogP contribution in [0.2, 0.25) is 5.02 Å². The molecule has 0 bridgehead atoms. The number of carbonyl (C=O) groups excluding carboxylic acids is 2. The smallest absolute Gasteiger partial charge is 0.228 e. The van der Waals surface area contributed by atoms with Crippen molar-refractivity contribution < 1.29 is 9.59 Å². The molecule has 0 saturated carbocycles. The van der Waals surface area contributed by atoms with Crippen molar-refractivity contribution in [2.75, 3.05) is 16.8 Å². The van der Waals surface area contributed by atoms with Crippen molar-refractivity contribution in [2.45, 2.75) is 25.7 Å². The highest BCUT2D eigenvalue weighted by molar-refractivity contribution is 6.30. The Morgan fingerprint density at radius 1 is 1.04 bits per heavy atom. The third kappa shape index (κ3) is 4.15. The van der Waals surface area contributed by atoms with Gasteiger partial charge in [0.05, 0.1) is 6.42 Å². The monoisotopic (exact) mass is 342 g/mol. The summed E-state index contributed by atoms with van der Waals surface area (Å²) < 4.78 is 0. The van der Waals surface area contributed by atoms with Gasteiger partial charge in [0, 0.05) is 29.4 Å². The molecule has 24 heavy (non-hydrogen) atoms. The molecule has 124 valence electrons. The van der Waals surface area contributed by atoms with Crippen molar-refractivity contribution in [3.8, 4) is 0 Å². The average molecular weight is 343 g/mol. The van der Waals surface area contributed by atoms with E-state index in [1.54, 1.807) is 12.1 Å². The zero-order valence-electron chi connectivity index (χ0n) is 13.3. The highest BCUT2D eigenvalue weighted by Crippen LogP contribution is 2.22. The number of halogens is 1. The van der Waals surface area contributed by atoms with Crippen molar-refractivity contribution >= 4 is 34.8 Å². The van der Waals surface area contributed by atoms with Gasteiger partial charge in [-0.2, -0.15) is 0 Å². The molecule has 3 rings (SSSR count).